The summed E-state index contributed by atoms with van der Waals surface area (Å²) < 4.78 is 37.6. The van der Waals surface area contributed by atoms with Crippen molar-refractivity contribution >= 4 is 27.2 Å². The quantitative estimate of drug-likeness (QED) is 0.656. The molecular formula is C16H13FN2O4S. The van der Waals surface area contributed by atoms with Crippen LogP contribution < -0.4 is 5.43 Å². The lowest BCUT2D eigenvalue weighted by Crippen LogP contribution is -2.23. The highest BCUT2D eigenvalue weighted by molar-refractivity contribution is 7.91. The fraction of sp³-hybridized carbons (Fsp3) is 0.125. The Morgan fingerprint density at radius 3 is 2.71 bits per heavy atom. The highest BCUT2D eigenvalue weighted by Crippen LogP contribution is 2.26. The first kappa shape index (κ1) is 16.1. The van der Waals surface area contributed by atoms with Gasteiger partial charge in [0.1, 0.15) is 5.82 Å². The molecule has 2 aromatic carbocycles. The third-order valence-electron chi connectivity index (χ3n) is 3.66. The zero-order chi connectivity index (χ0) is 17.3. The van der Waals surface area contributed by atoms with E-state index in [9.17, 15) is 17.6 Å². The second-order valence-electron chi connectivity index (χ2n) is 5.23. The largest absolute Gasteiger partial charge is 0.478 e. The Bertz CT molecular complexity index is 954. The Balaban J connectivity index is 2.01. The van der Waals surface area contributed by atoms with E-state index >= 15 is 0 Å². The number of para-hydroxylation sites is 1. The standard InChI is InChI=1S/C16H13FN2O4S/c17-10-5-6-15-12(9-10)14(7-8-24(15,22)23)19-18-13-4-2-1-3-11(13)16(20)21/h1-6,9,18H,7-8H2,(H,20,21). The van der Waals surface area contributed by atoms with Gasteiger partial charge >= 0.3 is 5.97 Å². The number of hydrogen-bond acceptors (Lipinski definition) is 5. The number of anilines is 1. The Hall–Kier alpha value is -2.74. The predicted molar refractivity (Wildman–Crippen MR) is 86.6 cm³/mol. The molecule has 0 atom stereocenters. The molecule has 3 rings (SSSR count). The van der Waals surface area contributed by atoms with Crippen LogP contribution in [0.15, 0.2) is 52.5 Å². The summed E-state index contributed by atoms with van der Waals surface area (Å²) in [5.74, 6) is -1.81. The lowest BCUT2D eigenvalue weighted by atomic mass is 10.1. The molecule has 124 valence electrons. The van der Waals surface area contributed by atoms with Gasteiger partial charge in [0, 0.05) is 12.0 Å². The number of hydrogen-bond donors (Lipinski definition) is 2. The Labute approximate surface area is 137 Å². The summed E-state index contributed by atoms with van der Waals surface area (Å²) in [7, 11) is -3.47. The molecule has 24 heavy (non-hydrogen) atoms. The third kappa shape index (κ3) is 3.00. The molecule has 0 spiro atoms. The van der Waals surface area contributed by atoms with Crippen molar-refractivity contribution in [1.29, 1.82) is 0 Å². The Morgan fingerprint density at radius 2 is 1.96 bits per heavy atom. The highest BCUT2D eigenvalue weighted by Gasteiger charge is 2.28. The van der Waals surface area contributed by atoms with Crippen LogP contribution in [0, 0.1) is 5.82 Å². The smallest absolute Gasteiger partial charge is 0.337 e. The molecule has 8 heteroatoms. The van der Waals surface area contributed by atoms with Crippen molar-refractivity contribution in [3.63, 3.8) is 0 Å². The second-order valence-corrected chi connectivity index (χ2v) is 7.31. The van der Waals surface area contributed by atoms with Gasteiger partial charge in [-0.1, -0.05) is 12.1 Å². The highest BCUT2D eigenvalue weighted by atomic mass is 32.2. The van der Waals surface area contributed by atoms with Crippen molar-refractivity contribution in [3.8, 4) is 0 Å². The molecule has 0 radical (unpaired) electrons. The maximum atomic E-state index is 13.5. The lowest BCUT2D eigenvalue weighted by molar-refractivity contribution is 0.0698. The molecule has 0 aliphatic carbocycles. The molecular weight excluding hydrogens is 335 g/mol. The molecule has 2 N–H and O–H groups in total. The summed E-state index contributed by atoms with van der Waals surface area (Å²) in [5.41, 5.74) is 3.50. The number of carboxylic acids is 1. The van der Waals surface area contributed by atoms with Gasteiger partial charge in [-0.15, -0.1) is 0 Å². The summed E-state index contributed by atoms with van der Waals surface area (Å²) in [4.78, 5) is 11.2. The molecule has 0 aromatic heterocycles. The molecule has 2 aromatic rings. The maximum absolute atomic E-state index is 13.5. The van der Waals surface area contributed by atoms with Gasteiger partial charge in [-0.25, -0.2) is 17.6 Å². The van der Waals surface area contributed by atoms with E-state index in [0.29, 0.717) is 5.71 Å². The van der Waals surface area contributed by atoms with Crippen LogP contribution in [0.3, 0.4) is 0 Å². The normalized spacial score (nSPS) is 17.3. The monoisotopic (exact) mass is 348 g/mol. The van der Waals surface area contributed by atoms with E-state index in [1.165, 1.54) is 12.1 Å². The molecule has 0 saturated heterocycles. The van der Waals surface area contributed by atoms with Gasteiger partial charge in [0.05, 0.1) is 27.6 Å². The number of carbonyl (C=O) groups is 1. The van der Waals surface area contributed by atoms with Crippen molar-refractivity contribution < 1.29 is 22.7 Å². The van der Waals surface area contributed by atoms with Crippen LogP contribution in [0.5, 0.6) is 0 Å². The van der Waals surface area contributed by atoms with Gasteiger partial charge in [-0.2, -0.15) is 5.10 Å². The fourth-order valence-corrected chi connectivity index (χ4v) is 3.95. The molecule has 0 saturated carbocycles. The average molecular weight is 348 g/mol. The number of sulfone groups is 1. The topological polar surface area (TPSA) is 95.8 Å². The number of nitrogens with one attached hydrogen (secondary N) is 1. The fourth-order valence-electron chi connectivity index (χ4n) is 2.49. The van der Waals surface area contributed by atoms with Crippen molar-refractivity contribution in [3.05, 3.63) is 59.4 Å². The SMILES string of the molecule is O=C(O)c1ccccc1NN=C1CCS(=O)(=O)c2ccc(F)cc21. The number of hydrazone groups is 1. The number of carboxylic acid groups (broad SMARTS) is 1. The summed E-state index contributed by atoms with van der Waals surface area (Å²) in [5, 5.41) is 13.3. The van der Waals surface area contributed by atoms with Gasteiger partial charge in [-0.3, -0.25) is 5.43 Å². The molecule has 6 nitrogen and oxygen atoms in total. The molecule has 1 heterocycles. The van der Waals surface area contributed by atoms with Crippen LogP contribution in [-0.4, -0.2) is 31.0 Å². The third-order valence-corrected chi connectivity index (χ3v) is 5.43. The zero-order valence-corrected chi connectivity index (χ0v) is 13.2. The minimum atomic E-state index is -3.47. The van der Waals surface area contributed by atoms with E-state index in [2.05, 4.69) is 10.5 Å². The van der Waals surface area contributed by atoms with Crippen LogP contribution in [-0.2, 0) is 9.84 Å². The van der Waals surface area contributed by atoms with Gasteiger partial charge < -0.3 is 5.11 Å². The van der Waals surface area contributed by atoms with Gasteiger partial charge in [-0.05, 0) is 30.3 Å². The molecule has 1 aliphatic rings. The minimum Gasteiger partial charge on any atom is -0.478 e. The second kappa shape index (κ2) is 6.04. The first-order valence-electron chi connectivity index (χ1n) is 7.06. The number of fused-ring (bicyclic) bond motifs is 1. The minimum absolute atomic E-state index is 0.0298. The van der Waals surface area contributed by atoms with Crippen LogP contribution in [0.1, 0.15) is 22.3 Å². The number of nitrogens with zero attached hydrogens (tertiary/aromatic N) is 1. The van der Waals surface area contributed by atoms with Crippen molar-refractivity contribution in [1.82, 2.24) is 0 Å². The van der Waals surface area contributed by atoms with Gasteiger partial charge in [0.2, 0.25) is 0 Å². The van der Waals surface area contributed by atoms with Crippen LogP contribution in [0.25, 0.3) is 0 Å². The summed E-state index contributed by atoms with van der Waals surface area (Å²) >= 11 is 0. The molecule has 0 unspecified atom stereocenters. The van der Waals surface area contributed by atoms with E-state index in [0.717, 1.165) is 12.1 Å². The number of aromatic carboxylic acids is 1. The zero-order valence-electron chi connectivity index (χ0n) is 12.4. The summed E-state index contributed by atoms with van der Waals surface area (Å²) in [6, 6.07) is 9.62. The van der Waals surface area contributed by atoms with E-state index in [4.69, 9.17) is 5.11 Å². The van der Waals surface area contributed by atoms with Crippen molar-refractivity contribution in [2.45, 2.75) is 11.3 Å². The van der Waals surface area contributed by atoms with Crippen LogP contribution in [0.2, 0.25) is 0 Å². The van der Waals surface area contributed by atoms with E-state index < -0.39 is 21.6 Å². The predicted octanol–water partition coefficient (Wildman–Crippen LogP) is 2.52. The van der Waals surface area contributed by atoms with Crippen LogP contribution >= 0.6 is 0 Å². The molecule has 1 aliphatic heterocycles. The van der Waals surface area contributed by atoms with Gasteiger partial charge in [0.25, 0.3) is 0 Å². The molecule has 0 bridgehead atoms. The van der Waals surface area contributed by atoms with E-state index in [-0.39, 0.29) is 33.9 Å². The lowest BCUT2D eigenvalue weighted by Gasteiger charge is -2.18. The van der Waals surface area contributed by atoms with Crippen LogP contribution in [0.4, 0.5) is 10.1 Å². The maximum Gasteiger partial charge on any atom is 0.337 e. The Kier molecular flexibility index (Phi) is 4.06. The Morgan fingerprint density at radius 1 is 1.21 bits per heavy atom. The summed E-state index contributed by atoms with van der Waals surface area (Å²) in [6.07, 6.45) is 0.112. The average Bonchev–Trinajstić information content (AvgIpc) is 2.54. The van der Waals surface area contributed by atoms with E-state index in [1.54, 1.807) is 18.2 Å². The first-order chi connectivity index (χ1) is 11.4. The molecule has 0 amide bonds. The summed E-state index contributed by atoms with van der Waals surface area (Å²) in [6.45, 7) is 0. The number of halogens is 1. The van der Waals surface area contributed by atoms with Crippen molar-refractivity contribution in [2.24, 2.45) is 5.10 Å². The first-order valence-corrected chi connectivity index (χ1v) is 8.71. The number of benzene rings is 2. The van der Waals surface area contributed by atoms with Gasteiger partial charge in [0.15, 0.2) is 9.84 Å². The van der Waals surface area contributed by atoms with E-state index in [1.807, 2.05) is 0 Å². The van der Waals surface area contributed by atoms with Crippen molar-refractivity contribution in [2.75, 3.05) is 11.2 Å². The number of rotatable bonds is 3. The molecule has 0 fully saturated rings.